The van der Waals surface area contributed by atoms with Gasteiger partial charge in [0.05, 0.1) is 6.54 Å². The molecule has 0 spiro atoms. The van der Waals surface area contributed by atoms with Crippen molar-refractivity contribution in [2.75, 3.05) is 19.6 Å². The summed E-state index contributed by atoms with van der Waals surface area (Å²) in [4.78, 5) is 23.9. The van der Waals surface area contributed by atoms with Crippen LogP contribution in [0.15, 0.2) is 0 Å². The van der Waals surface area contributed by atoms with Crippen LogP contribution in [0.2, 0.25) is 0 Å². The maximum atomic E-state index is 11.5. The normalized spacial score (nSPS) is 18.0. The molecule has 1 saturated heterocycles. The van der Waals surface area contributed by atoms with Crippen molar-refractivity contribution in [2.24, 2.45) is 5.92 Å². The Labute approximate surface area is 84.7 Å². The highest BCUT2D eigenvalue weighted by molar-refractivity contribution is 5.83. The van der Waals surface area contributed by atoms with Gasteiger partial charge < -0.3 is 10.2 Å². The fourth-order valence-electron chi connectivity index (χ4n) is 1.52. The van der Waals surface area contributed by atoms with E-state index in [1.165, 1.54) is 6.92 Å². The van der Waals surface area contributed by atoms with Gasteiger partial charge in [-0.25, -0.2) is 4.79 Å². The number of amides is 2. The van der Waals surface area contributed by atoms with Crippen LogP contribution in [0.1, 0.15) is 26.7 Å². The van der Waals surface area contributed by atoms with Crippen molar-refractivity contribution in [3.8, 4) is 0 Å². The summed E-state index contributed by atoms with van der Waals surface area (Å²) >= 11 is 0. The van der Waals surface area contributed by atoms with Crippen molar-refractivity contribution in [1.29, 1.82) is 0 Å². The van der Waals surface area contributed by atoms with Gasteiger partial charge in [-0.3, -0.25) is 4.79 Å². The summed E-state index contributed by atoms with van der Waals surface area (Å²) in [6.07, 6.45) is 2.13. The summed E-state index contributed by atoms with van der Waals surface area (Å²) in [5.41, 5.74) is 0. The SMILES string of the molecule is CC(=O)CNC(=O)N1CCC(C)CC1. The third-order valence-electron chi connectivity index (χ3n) is 2.56. The van der Waals surface area contributed by atoms with Gasteiger partial charge in [-0.05, 0) is 25.7 Å². The highest BCUT2D eigenvalue weighted by Gasteiger charge is 2.19. The quantitative estimate of drug-likeness (QED) is 0.720. The van der Waals surface area contributed by atoms with Crippen LogP contribution in [0.5, 0.6) is 0 Å². The molecule has 1 fully saturated rings. The predicted octanol–water partition coefficient (Wildman–Crippen LogP) is 1.02. The first-order valence-electron chi connectivity index (χ1n) is 5.12. The number of piperidine rings is 1. The second-order valence-corrected chi connectivity index (χ2v) is 4.03. The van der Waals surface area contributed by atoms with Crippen LogP contribution >= 0.6 is 0 Å². The van der Waals surface area contributed by atoms with E-state index < -0.39 is 0 Å². The number of nitrogens with one attached hydrogen (secondary N) is 1. The van der Waals surface area contributed by atoms with E-state index in [-0.39, 0.29) is 18.4 Å². The number of urea groups is 1. The molecule has 1 rings (SSSR count). The molecule has 0 aromatic heterocycles. The molecule has 0 aromatic rings. The van der Waals surface area contributed by atoms with Gasteiger partial charge in [0.25, 0.3) is 0 Å². The average molecular weight is 198 g/mol. The number of carbonyl (C=O) groups is 2. The molecule has 80 valence electrons. The van der Waals surface area contributed by atoms with E-state index in [9.17, 15) is 9.59 Å². The van der Waals surface area contributed by atoms with Crippen molar-refractivity contribution in [1.82, 2.24) is 10.2 Å². The Bertz CT molecular complexity index is 220. The van der Waals surface area contributed by atoms with Gasteiger partial charge >= 0.3 is 6.03 Å². The first-order valence-corrected chi connectivity index (χ1v) is 5.12. The zero-order valence-corrected chi connectivity index (χ0v) is 8.88. The topological polar surface area (TPSA) is 49.4 Å². The van der Waals surface area contributed by atoms with Gasteiger partial charge in [-0.15, -0.1) is 0 Å². The summed E-state index contributed by atoms with van der Waals surface area (Å²) in [6.45, 7) is 5.43. The molecule has 1 N–H and O–H groups in total. The monoisotopic (exact) mass is 198 g/mol. The van der Waals surface area contributed by atoms with Crippen LogP contribution in [0.4, 0.5) is 4.79 Å². The Morgan fingerprint density at radius 3 is 2.43 bits per heavy atom. The molecule has 0 atom stereocenters. The first-order chi connectivity index (χ1) is 6.59. The smallest absolute Gasteiger partial charge is 0.317 e. The Morgan fingerprint density at radius 1 is 1.36 bits per heavy atom. The van der Waals surface area contributed by atoms with Gasteiger partial charge in [-0.1, -0.05) is 6.92 Å². The minimum Gasteiger partial charge on any atom is -0.331 e. The maximum Gasteiger partial charge on any atom is 0.317 e. The molecule has 1 aliphatic rings. The number of carbonyl (C=O) groups excluding carboxylic acids is 2. The van der Waals surface area contributed by atoms with Gasteiger partial charge in [-0.2, -0.15) is 0 Å². The molecule has 2 amide bonds. The fraction of sp³-hybridized carbons (Fsp3) is 0.800. The summed E-state index contributed by atoms with van der Waals surface area (Å²) < 4.78 is 0. The molecule has 1 aliphatic heterocycles. The molecular weight excluding hydrogens is 180 g/mol. The van der Waals surface area contributed by atoms with E-state index >= 15 is 0 Å². The Balaban J connectivity index is 2.27. The third kappa shape index (κ3) is 3.36. The van der Waals surface area contributed by atoms with Crippen molar-refractivity contribution in [3.63, 3.8) is 0 Å². The lowest BCUT2D eigenvalue weighted by Crippen LogP contribution is -2.45. The second-order valence-electron chi connectivity index (χ2n) is 4.03. The first kappa shape index (κ1) is 11.0. The van der Waals surface area contributed by atoms with Gasteiger partial charge in [0.1, 0.15) is 5.78 Å². The molecular formula is C10H18N2O2. The van der Waals surface area contributed by atoms with E-state index in [1.807, 2.05) is 0 Å². The summed E-state index contributed by atoms with van der Waals surface area (Å²) in [5.74, 6) is 0.704. The number of ketones is 1. The second kappa shape index (κ2) is 4.98. The number of Topliss-reactive ketones (excluding diaryl/α,β-unsaturated/α-hetero) is 1. The fourth-order valence-corrected chi connectivity index (χ4v) is 1.52. The largest absolute Gasteiger partial charge is 0.331 e. The van der Waals surface area contributed by atoms with Crippen LogP contribution in [0.3, 0.4) is 0 Å². The third-order valence-corrected chi connectivity index (χ3v) is 2.56. The van der Waals surface area contributed by atoms with E-state index in [4.69, 9.17) is 0 Å². The molecule has 1 heterocycles. The van der Waals surface area contributed by atoms with E-state index in [2.05, 4.69) is 12.2 Å². The highest BCUT2D eigenvalue weighted by Crippen LogP contribution is 2.15. The average Bonchev–Trinajstić information content (AvgIpc) is 2.15. The van der Waals surface area contributed by atoms with Crippen molar-refractivity contribution >= 4 is 11.8 Å². The van der Waals surface area contributed by atoms with Crippen LogP contribution in [-0.2, 0) is 4.79 Å². The Hall–Kier alpha value is -1.06. The van der Waals surface area contributed by atoms with Crippen LogP contribution < -0.4 is 5.32 Å². The Kier molecular flexibility index (Phi) is 3.92. The van der Waals surface area contributed by atoms with Crippen molar-refractivity contribution in [3.05, 3.63) is 0 Å². The number of hydrogen-bond acceptors (Lipinski definition) is 2. The summed E-state index contributed by atoms with van der Waals surface area (Å²) in [5, 5.41) is 2.60. The molecule has 4 heteroatoms. The number of likely N-dealkylation sites (tertiary alicyclic amines) is 1. The minimum atomic E-state index is -0.105. The molecule has 14 heavy (non-hydrogen) atoms. The van der Waals surface area contributed by atoms with Crippen molar-refractivity contribution in [2.45, 2.75) is 26.7 Å². The standard InChI is InChI=1S/C10H18N2O2/c1-8-3-5-12(6-4-8)10(14)11-7-9(2)13/h8H,3-7H2,1-2H3,(H,11,14). The van der Waals surface area contributed by atoms with Gasteiger partial charge in [0, 0.05) is 13.1 Å². The van der Waals surface area contributed by atoms with Crippen molar-refractivity contribution < 1.29 is 9.59 Å². The number of rotatable bonds is 2. The number of nitrogens with zero attached hydrogens (tertiary/aromatic N) is 1. The summed E-state index contributed by atoms with van der Waals surface area (Å²) in [6, 6.07) is -0.105. The number of hydrogen-bond donors (Lipinski definition) is 1. The highest BCUT2D eigenvalue weighted by atomic mass is 16.2. The van der Waals surface area contributed by atoms with Gasteiger partial charge in [0.15, 0.2) is 0 Å². The zero-order chi connectivity index (χ0) is 10.6. The molecule has 0 aliphatic carbocycles. The molecule has 4 nitrogen and oxygen atoms in total. The molecule has 0 saturated carbocycles. The Morgan fingerprint density at radius 2 is 1.93 bits per heavy atom. The predicted molar refractivity (Wildman–Crippen MR) is 54.1 cm³/mol. The van der Waals surface area contributed by atoms with Crippen LogP contribution in [0, 0.1) is 5.92 Å². The maximum absolute atomic E-state index is 11.5. The molecule has 0 radical (unpaired) electrons. The van der Waals surface area contributed by atoms with Crippen LogP contribution in [-0.4, -0.2) is 36.3 Å². The van der Waals surface area contributed by atoms with Gasteiger partial charge in [0.2, 0.25) is 0 Å². The van der Waals surface area contributed by atoms with Crippen LogP contribution in [0.25, 0.3) is 0 Å². The lowest BCUT2D eigenvalue weighted by atomic mass is 10.00. The lowest BCUT2D eigenvalue weighted by Gasteiger charge is -2.30. The van der Waals surface area contributed by atoms with E-state index in [0.717, 1.165) is 25.9 Å². The van der Waals surface area contributed by atoms with E-state index in [1.54, 1.807) is 4.90 Å². The minimum absolute atomic E-state index is 0.0104. The summed E-state index contributed by atoms with van der Waals surface area (Å²) in [7, 11) is 0. The molecule has 0 unspecified atom stereocenters. The molecule has 0 bridgehead atoms. The van der Waals surface area contributed by atoms with E-state index in [0.29, 0.717) is 5.92 Å². The zero-order valence-electron chi connectivity index (χ0n) is 8.88. The molecule has 0 aromatic carbocycles. The lowest BCUT2D eigenvalue weighted by molar-refractivity contribution is -0.116.